The number of likely N-dealkylation sites (tertiary alicyclic amines) is 2. The lowest BCUT2D eigenvalue weighted by Crippen LogP contribution is -2.32. The van der Waals surface area contributed by atoms with E-state index in [-0.39, 0.29) is 17.9 Å². The summed E-state index contributed by atoms with van der Waals surface area (Å²) in [5.74, 6) is 1.04. The monoisotopic (exact) mass is 347 g/mol. The smallest absolute Gasteiger partial charge is 0.287 e. The maximum absolute atomic E-state index is 12.2. The van der Waals surface area contributed by atoms with Gasteiger partial charge in [-0.3, -0.25) is 14.5 Å². The summed E-state index contributed by atoms with van der Waals surface area (Å²) >= 11 is 0. The summed E-state index contributed by atoms with van der Waals surface area (Å²) in [7, 11) is 0. The Kier molecular flexibility index (Phi) is 6.13. The van der Waals surface area contributed by atoms with Crippen LogP contribution in [-0.4, -0.2) is 54.3 Å². The van der Waals surface area contributed by atoms with Crippen LogP contribution in [0.25, 0.3) is 0 Å². The molecular formula is C19H29N3O3. The molecule has 1 atom stereocenters. The standard InChI is InChI=1S/C19H29N3O3/c1-15(21-11-3-2-4-12-21)16-7-8-17(25-16)19(24)20-10-9-18(23)22-13-5-6-14-22/h7-8,15H,2-6,9-14H2,1H3,(H,20,24). The predicted octanol–water partition coefficient (Wildman–Crippen LogP) is 2.57. The van der Waals surface area contributed by atoms with Gasteiger partial charge in [-0.1, -0.05) is 6.42 Å². The Hall–Kier alpha value is -1.82. The van der Waals surface area contributed by atoms with Crippen molar-refractivity contribution in [2.24, 2.45) is 0 Å². The Bertz CT molecular complexity index is 586. The molecular weight excluding hydrogens is 318 g/mol. The molecule has 2 aliphatic rings. The summed E-state index contributed by atoms with van der Waals surface area (Å²) in [6, 6.07) is 3.82. The topological polar surface area (TPSA) is 65.8 Å². The second-order valence-electron chi connectivity index (χ2n) is 7.07. The molecule has 1 aromatic rings. The van der Waals surface area contributed by atoms with Gasteiger partial charge in [0.15, 0.2) is 5.76 Å². The van der Waals surface area contributed by atoms with E-state index in [0.29, 0.717) is 18.7 Å². The maximum atomic E-state index is 12.2. The number of hydrogen-bond donors (Lipinski definition) is 1. The zero-order valence-corrected chi connectivity index (χ0v) is 15.1. The second-order valence-corrected chi connectivity index (χ2v) is 7.07. The molecule has 25 heavy (non-hydrogen) atoms. The average molecular weight is 347 g/mol. The van der Waals surface area contributed by atoms with Crippen LogP contribution in [0.5, 0.6) is 0 Å². The highest BCUT2D eigenvalue weighted by Crippen LogP contribution is 2.25. The quantitative estimate of drug-likeness (QED) is 0.859. The van der Waals surface area contributed by atoms with Crippen LogP contribution >= 0.6 is 0 Å². The molecule has 2 fully saturated rings. The fourth-order valence-corrected chi connectivity index (χ4v) is 3.68. The SMILES string of the molecule is CC(c1ccc(C(=O)NCCC(=O)N2CCCC2)o1)N1CCCCC1. The van der Waals surface area contributed by atoms with E-state index in [9.17, 15) is 9.59 Å². The molecule has 0 radical (unpaired) electrons. The molecule has 1 unspecified atom stereocenters. The number of rotatable bonds is 6. The summed E-state index contributed by atoms with van der Waals surface area (Å²) in [6.45, 7) is 6.35. The predicted molar refractivity (Wildman–Crippen MR) is 95.3 cm³/mol. The number of piperidine rings is 1. The molecule has 0 bridgehead atoms. The molecule has 0 aliphatic carbocycles. The Morgan fingerprint density at radius 1 is 1.08 bits per heavy atom. The van der Waals surface area contributed by atoms with E-state index in [1.165, 1.54) is 19.3 Å². The van der Waals surface area contributed by atoms with Crippen LogP contribution in [0.3, 0.4) is 0 Å². The van der Waals surface area contributed by atoms with Crippen molar-refractivity contribution >= 4 is 11.8 Å². The molecule has 2 saturated heterocycles. The lowest BCUT2D eigenvalue weighted by Gasteiger charge is -2.31. The van der Waals surface area contributed by atoms with Crippen molar-refractivity contribution in [3.63, 3.8) is 0 Å². The Morgan fingerprint density at radius 3 is 2.48 bits per heavy atom. The van der Waals surface area contributed by atoms with Gasteiger partial charge >= 0.3 is 0 Å². The molecule has 0 spiro atoms. The third-order valence-electron chi connectivity index (χ3n) is 5.28. The number of carbonyl (C=O) groups excluding carboxylic acids is 2. The van der Waals surface area contributed by atoms with Gasteiger partial charge in [-0.15, -0.1) is 0 Å². The molecule has 2 aliphatic heterocycles. The molecule has 0 saturated carbocycles. The van der Waals surface area contributed by atoms with Crippen molar-refractivity contribution in [1.82, 2.24) is 15.1 Å². The first-order valence-corrected chi connectivity index (χ1v) is 9.55. The van der Waals surface area contributed by atoms with Crippen LogP contribution in [0.2, 0.25) is 0 Å². The van der Waals surface area contributed by atoms with Gasteiger partial charge in [0.25, 0.3) is 5.91 Å². The van der Waals surface area contributed by atoms with Crippen LogP contribution in [-0.2, 0) is 4.79 Å². The van der Waals surface area contributed by atoms with E-state index in [1.54, 1.807) is 6.07 Å². The summed E-state index contributed by atoms with van der Waals surface area (Å²) in [5, 5.41) is 2.79. The van der Waals surface area contributed by atoms with Gasteiger partial charge in [0.1, 0.15) is 5.76 Å². The molecule has 0 aromatic carbocycles. The summed E-state index contributed by atoms with van der Waals surface area (Å²) in [5.41, 5.74) is 0. The van der Waals surface area contributed by atoms with Gasteiger partial charge in [-0.05, 0) is 57.8 Å². The van der Waals surface area contributed by atoms with E-state index >= 15 is 0 Å². The lowest BCUT2D eigenvalue weighted by atomic mass is 10.1. The average Bonchev–Trinajstić information content (AvgIpc) is 3.33. The minimum Gasteiger partial charge on any atom is -0.454 e. The Balaban J connectivity index is 1.46. The molecule has 6 heteroatoms. The van der Waals surface area contributed by atoms with Crippen molar-refractivity contribution in [3.8, 4) is 0 Å². The first-order valence-electron chi connectivity index (χ1n) is 9.55. The third kappa shape index (κ3) is 4.63. The minimum absolute atomic E-state index is 0.122. The molecule has 3 rings (SSSR count). The van der Waals surface area contributed by atoms with Crippen molar-refractivity contribution in [2.75, 3.05) is 32.7 Å². The van der Waals surface area contributed by atoms with Crippen LogP contribution in [0.1, 0.15) is 67.8 Å². The normalized spacial score (nSPS) is 19.8. The number of amides is 2. The molecule has 3 heterocycles. The van der Waals surface area contributed by atoms with E-state index in [4.69, 9.17) is 4.42 Å². The summed E-state index contributed by atoms with van der Waals surface area (Å²) < 4.78 is 5.77. The summed E-state index contributed by atoms with van der Waals surface area (Å²) in [6.07, 6.45) is 6.27. The van der Waals surface area contributed by atoms with Crippen molar-refractivity contribution < 1.29 is 14.0 Å². The maximum Gasteiger partial charge on any atom is 0.287 e. The third-order valence-corrected chi connectivity index (χ3v) is 5.28. The highest BCUT2D eigenvalue weighted by molar-refractivity contribution is 5.91. The highest BCUT2D eigenvalue weighted by Gasteiger charge is 2.22. The fraction of sp³-hybridized carbons (Fsp3) is 0.684. The molecule has 1 aromatic heterocycles. The van der Waals surface area contributed by atoms with Gasteiger partial charge in [0.05, 0.1) is 6.04 Å². The molecule has 6 nitrogen and oxygen atoms in total. The number of hydrogen-bond acceptors (Lipinski definition) is 4. The molecule has 2 amide bonds. The van der Waals surface area contributed by atoms with E-state index in [2.05, 4.69) is 17.1 Å². The van der Waals surface area contributed by atoms with Crippen molar-refractivity contribution in [2.45, 2.75) is 51.5 Å². The first kappa shape index (κ1) is 18.0. The van der Waals surface area contributed by atoms with E-state index in [1.807, 2.05) is 11.0 Å². The van der Waals surface area contributed by atoms with Crippen LogP contribution in [0, 0.1) is 0 Å². The number of nitrogens with zero attached hydrogens (tertiary/aromatic N) is 2. The Labute approximate surface area is 149 Å². The van der Waals surface area contributed by atoms with Crippen molar-refractivity contribution in [3.05, 3.63) is 23.7 Å². The zero-order valence-electron chi connectivity index (χ0n) is 15.1. The zero-order chi connectivity index (χ0) is 17.6. The number of furan rings is 1. The van der Waals surface area contributed by atoms with Gasteiger partial charge in [-0.25, -0.2) is 0 Å². The van der Waals surface area contributed by atoms with Crippen molar-refractivity contribution in [1.29, 1.82) is 0 Å². The van der Waals surface area contributed by atoms with E-state index < -0.39 is 0 Å². The first-order chi connectivity index (χ1) is 12.1. The largest absolute Gasteiger partial charge is 0.454 e. The molecule has 138 valence electrons. The van der Waals surface area contributed by atoms with Gasteiger partial charge < -0.3 is 14.6 Å². The fourth-order valence-electron chi connectivity index (χ4n) is 3.68. The van der Waals surface area contributed by atoms with Gasteiger partial charge in [0.2, 0.25) is 5.91 Å². The lowest BCUT2D eigenvalue weighted by molar-refractivity contribution is -0.129. The molecule has 1 N–H and O–H groups in total. The second kappa shape index (κ2) is 8.52. The van der Waals surface area contributed by atoms with Gasteiger partial charge in [0, 0.05) is 26.1 Å². The van der Waals surface area contributed by atoms with Gasteiger partial charge in [-0.2, -0.15) is 0 Å². The van der Waals surface area contributed by atoms with Crippen LogP contribution < -0.4 is 5.32 Å². The van der Waals surface area contributed by atoms with Crippen LogP contribution in [0.15, 0.2) is 16.5 Å². The van der Waals surface area contributed by atoms with E-state index in [0.717, 1.165) is 44.8 Å². The minimum atomic E-state index is -0.244. The summed E-state index contributed by atoms with van der Waals surface area (Å²) in [4.78, 5) is 28.5. The Morgan fingerprint density at radius 2 is 1.76 bits per heavy atom. The van der Waals surface area contributed by atoms with Crippen LogP contribution in [0.4, 0.5) is 0 Å². The number of carbonyl (C=O) groups is 2. The number of nitrogens with one attached hydrogen (secondary N) is 1. The highest BCUT2D eigenvalue weighted by atomic mass is 16.4.